The Bertz CT molecular complexity index is 1090. The SMILES string of the molecule is CCOc1ccccc1N1CSC2=C(C#N)C(c3ccc(OC)c(OC)c3)CC(=O)N2C1. The van der Waals surface area contributed by atoms with Gasteiger partial charge in [0.1, 0.15) is 5.75 Å². The molecule has 0 aliphatic carbocycles. The van der Waals surface area contributed by atoms with Gasteiger partial charge >= 0.3 is 0 Å². The van der Waals surface area contributed by atoms with Gasteiger partial charge in [-0.3, -0.25) is 9.69 Å². The van der Waals surface area contributed by atoms with E-state index in [1.807, 2.05) is 49.4 Å². The molecule has 166 valence electrons. The third kappa shape index (κ3) is 3.96. The molecular weight excluding hydrogens is 426 g/mol. The first-order valence-electron chi connectivity index (χ1n) is 10.4. The zero-order valence-corrected chi connectivity index (χ0v) is 19.1. The first-order valence-corrected chi connectivity index (χ1v) is 11.4. The lowest BCUT2D eigenvalue weighted by molar-refractivity contribution is -0.129. The van der Waals surface area contributed by atoms with Crippen LogP contribution in [0.25, 0.3) is 0 Å². The Labute approximate surface area is 192 Å². The van der Waals surface area contributed by atoms with Crippen LogP contribution in [0.5, 0.6) is 17.2 Å². The van der Waals surface area contributed by atoms with Crippen LogP contribution in [0.2, 0.25) is 0 Å². The van der Waals surface area contributed by atoms with Crippen LogP contribution < -0.4 is 19.1 Å². The van der Waals surface area contributed by atoms with Gasteiger partial charge in [-0.2, -0.15) is 5.26 Å². The molecule has 2 aliphatic rings. The van der Waals surface area contributed by atoms with Crippen molar-refractivity contribution in [3.05, 3.63) is 58.6 Å². The molecule has 7 nitrogen and oxygen atoms in total. The van der Waals surface area contributed by atoms with E-state index in [0.717, 1.165) is 22.0 Å². The molecule has 1 amide bonds. The number of para-hydroxylation sites is 2. The van der Waals surface area contributed by atoms with E-state index in [1.165, 1.54) is 11.8 Å². The van der Waals surface area contributed by atoms with Gasteiger partial charge in [-0.1, -0.05) is 30.0 Å². The summed E-state index contributed by atoms with van der Waals surface area (Å²) in [6, 6.07) is 15.7. The van der Waals surface area contributed by atoms with Crippen molar-refractivity contribution >= 4 is 23.4 Å². The summed E-state index contributed by atoms with van der Waals surface area (Å²) in [6.45, 7) is 2.90. The minimum atomic E-state index is -0.312. The first kappa shape index (κ1) is 21.9. The van der Waals surface area contributed by atoms with Gasteiger partial charge in [0, 0.05) is 12.3 Å². The van der Waals surface area contributed by atoms with Crippen LogP contribution in [0, 0.1) is 11.3 Å². The Morgan fingerprint density at radius 3 is 2.62 bits per heavy atom. The van der Waals surface area contributed by atoms with E-state index in [9.17, 15) is 10.1 Å². The number of rotatable bonds is 6. The van der Waals surface area contributed by atoms with Crippen LogP contribution in [0.3, 0.4) is 0 Å². The van der Waals surface area contributed by atoms with Crippen LogP contribution in [0.1, 0.15) is 24.8 Å². The molecule has 8 heteroatoms. The summed E-state index contributed by atoms with van der Waals surface area (Å²) in [7, 11) is 3.15. The normalized spacial score (nSPS) is 18.2. The zero-order valence-electron chi connectivity index (χ0n) is 18.3. The lowest BCUT2D eigenvalue weighted by Gasteiger charge is -2.42. The van der Waals surface area contributed by atoms with E-state index in [2.05, 4.69) is 11.0 Å². The van der Waals surface area contributed by atoms with Gasteiger partial charge in [0.05, 0.1) is 55.7 Å². The summed E-state index contributed by atoms with van der Waals surface area (Å²) in [5, 5.41) is 10.8. The average molecular weight is 452 g/mol. The van der Waals surface area contributed by atoms with Gasteiger partial charge in [0.25, 0.3) is 0 Å². The van der Waals surface area contributed by atoms with Gasteiger partial charge in [0.2, 0.25) is 5.91 Å². The smallest absolute Gasteiger partial charge is 0.229 e. The minimum Gasteiger partial charge on any atom is -0.493 e. The van der Waals surface area contributed by atoms with Crippen molar-refractivity contribution in [3.8, 4) is 23.3 Å². The van der Waals surface area contributed by atoms with E-state index in [4.69, 9.17) is 14.2 Å². The molecule has 0 N–H and O–H groups in total. The second-order valence-corrected chi connectivity index (χ2v) is 8.31. The summed E-state index contributed by atoms with van der Waals surface area (Å²) < 4.78 is 16.5. The first-order chi connectivity index (χ1) is 15.6. The summed E-state index contributed by atoms with van der Waals surface area (Å²) in [5.74, 6) is 2.28. The molecule has 0 spiro atoms. The third-order valence-corrected chi connectivity index (χ3v) is 6.76. The molecule has 0 radical (unpaired) electrons. The average Bonchev–Trinajstić information content (AvgIpc) is 2.84. The second-order valence-electron chi connectivity index (χ2n) is 7.38. The molecule has 1 unspecified atom stereocenters. The number of hydrogen-bond acceptors (Lipinski definition) is 7. The van der Waals surface area contributed by atoms with Crippen molar-refractivity contribution in [1.82, 2.24) is 4.90 Å². The maximum Gasteiger partial charge on any atom is 0.229 e. The molecule has 2 aromatic rings. The van der Waals surface area contributed by atoms with Crippen LogP contribution in [-0.4, -0.2) is 44.2 Å². The molecule has 1 fully saturated rings. The monoisotopic (exact) mass is 451 g/mol. The van der Waals surface area contributed by atoms with E-state index in [1.54, 1.807) is 19.1 Å². The molecule has 1 saturated heterocycles. The molecule has 1 atom stereocenters. The number of carbonyl (C=O) groups is 1. The molecule has 2 aromatic carbocycles. The van der Waals surface area contributed by atoms with Gasteiger partial charge < -0.3 is 19.1 Å². The summed E-state index contributed by atoms with van der Waals surface area (Å²) in [6.07, 6.45) is 0.226. The summed E-state index contributed by atoms with van der Waals surface area (Å²) in [4.78, 5) is 17.0. The maximum absolute atomic E-state index is 13.2. The van der Waals surface area contributed by atoms with Crippen LogP contribution >= 0.6 is 11.8 Å². The fourth-order valence-corrected chi connectivity index (χ4v) is 5.22. The zero-order chi connectivity index (χ0) is 22.7. The Balaban J connectivity index is 1.66. The van der Waals surface area contributed by atoms with Crippen molar-refractivity contribution in [2.75, 3.05) is 38.3 Å². The number of anilines is 1. The van der Waals surface area contributed by atoms with Gasteiger partial charge in [-0.25, -0.2) is 0 Å². The van der Waals surface area contributed by atoms with E-state index in [-0.39, 0.29) is 18.2 Å². The Hall–Kier alpha value is -3.31. The number of ether oxygens (including phenoxy) is 3. The predicted octanol–water partition coefficient (Wildman–Crippen LogP) is 4.32. The van der Waals surface area contributed by atoms with Gasteiger partial charge in [0.15, 0.2) is 11.5 Å². The van der Waals surface area contributed by atoms with Crippen LogP contribution in [0.15, 0.2) is 53.1 Å². The molecule has 32 heavy (non-hydrogen) atoms. The molecule has 4 rings (SSSR count). The van der Waals surface area contributed by atoms with E-state index >= 15 is 0 Å². The largest absolute Gasteiger partial charge is 0.493 e. The second kappa shape index (κ2) is 9.45. The fraction of sp³-hybridized carbons (Fsp3) is 0.333. The predicted molar refractivity (Wildman–Crippen MR) is 124 cm³/mol. The number of fused-ring (bicyclic) bond motifs is 1. The number of amides is 1. The number of thioether (sulfide) groups is 1. The van der Waals surface area contributed by atoms with Crippen molar-refractivity contribution in [3.63, 3.8) is 0 Å². The van der Waals surface area contributed by atoms with Crippen molar-refractivity contribution in [1.29, 1.82) is 5.26 Å². The number of hydrogen-bond donors (Lipinski definition) is 0. The van der Waals surface area contributed by atoms with Gasteiger partial charge in [-0.15, -0.1) is 0 Å². The molecule has 0 bridgehead atoms. The number of nitrogens with zero attached hydrogens (tertiary/aromatic N) is 3. The van der Waals surface area contributed by atoms with Crippen molar-refractivity contribution in [2.24, 2.45) is 0 Å². The lowest BCUT2D eigenvalue weighted by Crippen LogP contribution is -2.47. The highest BCUT2D eigenvalue weighted by atomic mass is 32.2. The third-order valence-electron chi connectivity index (χ3n) is 5.61. The highest BCUT2D eigenvalue weighted by molar-refractivity contribution is 8.03. The van der Waals surface area contributed by atoms with E-state index in [0.29, 0.717) is 36.2 Å². The van der Waals surface area contributed by atoms with Gasteiger partial charge in [-0.05, 0) is 36.8 Å². The topological polar surface area (TPSA) is 75.0 Å². The van der Waals surface area contributed by atoms with E-state index < -0.39 is 0 Å². The maximum atomic E-state index is 13.2. The highest BCUT2D eigenvalue weighted by Crippen LogP contribution is 2.45. The molecular formula is C24H25N3O4S. The number of benzene rings is 2. The fourth-order valence-electron chi connectivity index (χ4n) is 4.07. The minimum absolute atomic E-state index is 0.00937. The molecule has 0 saturated carbocycles. The standard InChI is InChI=1S/C24H25N3O4S/c1-4-31-20-8-6-5-7-19(20)26-14-27-23(28)12-17(18(13-25)24(27)32-15-26)16-9-10-21(29-2)22(11-16)30-3/h5-11,17H,4,12,14-15H2,1-3H3. The van der Waals surface area contributed by atoms with Crippen molar-refractivity contribution in [2.45, 2.75) is 19.3 Å². The summed E-state index contributed by atoms with van der Waals surface area (Å²) >= 11 is 1.51. The van der Waals surface area contributed by atoms with Crippen LogP contribution in [0.4, 0.5) is 5.69 Å². The molecule has 2 heterocycles. The Kier molecular flexibility index (Phi) is 6.47. The Morgan fingerprint density at radius 1 is 1.12 bits per heavy atom. The number of allylic oxidation sites excluding steroid dienone is 1. The quantitative estimate of drug-likeness (QED) is 0.647. The Morgan fingerprint density at radius 2 is 1.91 bits per heavy atom. The number of carbonyl (C=O) groups excluding carboxylic acids is 1. The molecule has 2 aliphatic heterocycles. The summed E-state index contributed by atoms with van der Waals surface area (Å²) in [5.41, 5.74) is 2.42. The van der Waals surface area contributed by atoms with Crippen molar-refractivity contribution < 1.29 is 19.0 Å². The number of nitriles is 1. The highest BCUT2D eigenvalue weighted by Gasteiger charge is 2.39. The number of methoxy groups -OCH3 is 2. The van der Waals surface area contributed by atoms with Crippen LogP contribution in [-0.2, 0) is 4.79 Å². The molecule has 0 aromatic heterocycles. The lowest BCUT2D eigenvalue weighted by atomic mass is 9.86.